The smallest absolute Gasteiger partial charge is 0.163 e. The third kappa shape index (κ3) is 12.8. The van der Waals surface area contributed by atoms with Crippen molar-refractivity contribution in [3.63, 3.8) is 0 Å². The summed E-state index contributed by atoms with van der Waals surface area (Å²) in [6.07, 6.45) is 3.57. The van der Waals surface area contributed by atoms with Crippen molar-refractivity contribution in [1.29, 1.82) is 0 Å². The minimum absolute atomic E-state index is 0. The van der Waals surface area contributed by atoms with Crippen molar-refractivity contribution in [3.8, 4) is 57.0 Å². The van der Waals surface area contributed by atoms with E-state index in [9.17, 15) is 10.2 Å². The van der Waals surface area contributed by atoms with Gasteiger partial charge in [-0.15, -0.1) is 0 Å². The van der Waals surface area contributed by atoms with E-state index in [0.29, 0.717) is 36.3 Å². The van der Waals surface area contributed by atoms with Gasteiger partial charge in [-0.2, -0.15) is 0 Å². The van der Waals surface area contributed by atoms with E-state index in [1.165, 1.54) is 6.33 Å². The van der Waals surface area contributed by atoms with Crippen molar-refractivity contribution < 1.29 is 47.3 Å². The number of quaternary nitrogens is 1. The Kier molecular flexibility index (Phi) is 18.4. The van der Waals surface area contributed by atoms with Crippen LogP contribution in [0, 0.1) is 0 Å². The average Bonchev–Trinajstić information content (AvgIpc) is 3.14. The fraction of sp³-hybridized carbons (Fsp3) is 0.200. The summed E-state index contributed by atoms with van der Waals surface area (Å²) < 4.78 is 21.1. The van der Waals surface area contributed by atoms with E-state index >= 15 is 0 Å². The second kappa shape index (κ2) is 22.3. The lowest BCUT2D eigenvalue weighted by molar-refractivity contribution is -0.254. The minimum Gasteiger partial charge on any atom is -1.00 e. The molecule has 0 saturated carbocycles. The number of para-hydroxylation sites is 2. The van der Waals surface area contributed by atoms with E-state index in [4.69, 9.17) is 30.5 Å². The number of phenolic OH excluding ortho intramolecular Hbond substituents is 2. The molecule has 6 aromatic rings. The summed E-state index contributed by atoms with van der Waals surface area (Å²) in [4.78, 5) is 16.7. The number of rotatable bonds is 10. The topological polar surface area (TPSA) is 157 Å². The molecule has 2 heterocycles. The summed E-state index contributed by atoms with van der Waals surface area (Å²) in [7, 11) is 3.27. The molecular weight excluding hydrogens is 717 g/mol. The zero-order valence-corrected chi connectivity index (χ0v) is 30.8. The predicted molar refractivity (Wildman–Crippen MR) is 204 cm³/mol. The van der Waals surface area contributed by atoms with E-state index in [-0.39, 0.29) is 31.3 Å². The molecule has 0 saturated heterocycles. The number of hydrogen-bond donors (Lipinski definition) is 3. The van der Waals surface area contributed by atoms with Crippen LogP contribution in [0.2, 0.25) is 5.15 Å². The first kappa shape index (κ1) is 43.5. The van der Waals surface area contributed by atoms with Gasteiger partial charge in [0.15, 0.2) is 23.0 Å². The van der Waals surface area contributed by atoms with Gasteiger partial charge in [-0.25, -0.2) is 19.9 Å². The monoisotopic (exact) mass is 761 g/mol. The molecule has 2 aromatic heterocycles. The van der Waals surface area contributed by atoms with Gasteiger partial charge in [0.1, 0.15) is 35.0 Å². The van der Waals surface area contributed by atoms with Crippen molar-refractivity contribution in [2.24, 2.45) is 0 Å². The van der Waals surface area contributed by atoms with Gasteiger partial charge in [-0.1, -0.05) is 49.4 Å². The molecule has 53 heavy (non-hydrogen) atoms. The molecule has 0 radical (unpaired) electrons. The van der Waals surface area contributed by atoms with E-state index < -0.39 is 0 Å². The van der Waals surface area contributed by atoms with Crippen molar-refractivity contribution in [2.75, 3.05) is 27.4 Å². The second-order valence-corrected chi connectivity index (χ2v) is 11.1. The Hall–Kier alpha value is -5.62. The maximum Gasteiger partial charge on any atom is 0.163 e. The summed E-state index contributed by atoms with van der Waals surface area (Å²) >= 11 is 5.80. The lowest BCUT2D eigenvalue weighted by Crippen LogP contribution is -3.00. The minimum atomic E-state index is 0. The van der Waals surface area contributed by atoms with Crippen LogP contribution in [0.3, 0.4) is 0 Å². The van der Waals surface area contributed by atoms with Gasteiger partial charge in [-0.3, -0.25) is 0 Å². The summed E-state index contributed by atoms with van der Waals surface area (Å²) in [5.41, 5.74) is 9.65. The summed E-state index contributed by atoms with van der Waals surface area (Å²) in [5, 5.41) is 19.7. The van der Waals surface area contributed by atoms with Gasteiger partial charge in [-0.05, 0) is 67.9 Å². The molecule has 0 aliphatic carbocycles. The van der Waals surface area contributed by atoms with Gasteiger partial charge >= 0.3 is 0 Å². The molecule has 0 aliphatic rings. The molecule has 6 rings (SSSR count). The first-order valence-electron chi connectivity index (χ1n) is 16.0. The molecule has 0 atom stereocenters. The largest absolute Gasteiger partial charge is 1.00 e. The standard InChI is InChI=1S/C20H20N2O3.C11H9ClN2O.C8H11NO2.CH4.ClH/c1-3-25-20-9-8-14(11-18(20)23)10-15-12-17(22-13-21-15)16-6-4-5-7-19(16)24-2;1-15-10-5-3-2-4-8(10)9-6-11(12)14-7-13-9;1-2-11-8-4-3-6(9)5-7(8)10;;/h4-9,11-13,23H,3,10H2,1-2H3;2-7H,1H3;3-5,10H,2,9H2,1H3;1H4;1H. The highest BCUT2D eigenvalue weighted by Gasteiger charge is 2.10. The summed E-state index contributed by atoms with van der Waals surface area (Å²) in [5.74, 6) is 2.83. The molecule has 5 N–H and O–H groups in total. The number of ether oxygens (including phenoxy) is 4. The van der Waals surface area contributed by atoms with Crippen LogP contribution in [0.5, 0.6) is 34.5 Å². The second-order valence-electron chi connectivity index (χ2n) is 10.7. The Morgan fingerprint density at radius 2 is 1.13 bits per heavy atom. The highest BCUT2D eigenvalue weighted by molar-refractivity contribution is 6.29. The number of aromatic hydroxyl groups is 2. The van der Waals surface area contributed by atoms with Crippen molar-refractivity contribution in [3.05, 3.63) is 126 Å². The molecule has 4 aromatic carbocycles. The van der Waals surface area contributed by atoms with Crippen molar-refractivity contribution in [1.82, 2.24) is 19.9 Å². The first-order valence-corrected chi connectivity index (χ1v) is 16.4. The lowest BCUT2D eigenvalue weighted by atomic mass is 10.1. The molecule has 0 aliphatic heterocycles. The Morgan fingerprint density at radius 3 is 1.64 bits per heavy atom. The van der Waals surface area contributed by atoms with Gasteiger partial charge in [0, 0.05) is 41.4 Å². The number of benzene rings is 4. The third-order valence-corrected chi connectivity index (χ3v) is 7.36. The Labute approximate surface area is 321 Å². The number of methoxy groups -OCH3 is 2. The SMILES string of the molecule is C.CCOc1ccc(Cc2cc(-c3ccccc3OC)ncn2)cc1O.CCOc1ccc([NH3+])cc1O.COc1ccccc1-c1cc(Cl)ncn1.[Cl-]. The number of phenols is 2. The maximum atomic E-state index is 10.0. The zero-order chi connectivity index (χ0) is 36.6. The van der Waals surface area contributed by atoms with E-state index in [0.717, 1.165) is 51.0 Å². The maximum absolute atomic E-state index is 10.0. The fourth-order valence-corrected chi connectivity index (χ4v) is 4.98. The molecule has 11 nitrogen and oxygen atoms in total. The van der Waals surface area contributed by atoms with Crippen LogP contribution in [0.15, 0.2) is 110 Å². The van der Waals surface area contributed by atoms with E-state index in [1.807, 2.05) is 74.5 Å². The summed E-state index contributed by atoms with van der Waals surface area (Å²) in [6, 6.07) is 29.5. The van der Waals surface area contributed by atoms with Crippen molar-refractivity contribution in [2.45, 2.75) is 27.7 Å². The Balaban J connectivity index is 0.000000297. The molecule has 0 unspecified atom stereocenters. The highest BCUT2D eigenvalue weighted by Crippen LogP contribution is 2.31. The molecule has 0 fully saturated rings. The number of aromatic nitrogens is 4. The molecule has 13 heteroatoms. The van der Waals surface area contributed by atoms with Gasteiger partial charge in [0.25, 0.3) is 0 Å². The quantitative estimate of drug-likeness (QED) is 0.163. The lowest BCUT2D eigenvalue weighted by Gasteiger charge is -2.10. The van der Waals surface area contributed by atoms with Gasteiger partial charge in [0.05, 0.1) is 38.8 Å². The van der Waals surface area contributed by atoms with Crippen LogP contribution >= 0.6 is 11.6 Å². The molecule has 0 amide bonds. The normalized spacial score (nSPS) is 9.77. The van der Waals surface area contributed by atoms with Crippen molar-refractivity contribution >= 4 is 17.3 Å². The summed E-state index contributed by atoms with van der Waals surface area (Å²) in [6.45, 7) is 4.83. The number of halogens is 2. The van der Waals surface area contributed by atoms with Crippen LogP contribution in [0.4, 0.5) is 5.69 Å². The molecule has 0 bridgehead atoms. The highest BCUT2D eigenvalue weighted by atomic mass is 35.5. The average molecular weight is 763 g/mol. The Bertz CT molecular complexity index is 2020. The molecular formula is C40H45Cl2N5O6. The predicted octanol–water partition coefficient (Wildman–Crippen LogP) is 4.96. The van der Waals surface area contributed by atoms with Crippen LogP contribution < -0.4 is 37.1 Å². The van der Waals surface area contributed by atoms with Crippen LogP contribution in [0.25, 0.3) is 22.5 Å². The fourth-order valence-electron chi connectivity index (χ4n) is 4.84. The van der Waals surface area contributed by atoms with Crippen LogP contribution in [-0.4, -0.2) is 57.6 Å². The number of nitrogens with zero attached hydrogens (tertiary/aromatic N) is 4. The van der Waals surface area contributed by atoms with Crippen LogP contribution in [-0.2, 0) is 6.42 Å². The third-order valence-electron chi connectivity index (χ3n) is 7.15. The van der Waals surface area contributed by atoms with Gasteiger partial charge < -0.3 is 47.3 Å². The van der Waals surface area contributed by atoms with E-state index in [1.54, 1.807) is 56.9 Å². The zero-order valence-electron chi connectivity index (χ0n) is 29.3. The van der Waals surface area contributed by atoms with E-state index in [2.05, 4.69) is 25.7 Å². The van der Waals surface area contributed by atoms with Crippen LogP contribution in [0.1, 0.15) is 32.5 Å². The molecule has 0 spiro atoms. The van der Waals surface area contributed by atoms with Gasteiger partial charge in [0.2, 0.25) is 0 Å². The molecule has 280 valence electrons. The first-order chi connectivity index (χ1) is 24.8. The number of hydrogen-bond acceptors (Lipinski definition) is 10. The Morgan fingerprint density at radius 1 is 0.623 bits per heavy atom.